The molecule has 1 aliphatic rings. The monoisotopic (exact) mass is 387 g/mol. The molecule has 4 rings (SSSR count). The fourth-order valence-corrected chi connectivity index (χ4v) is 3.84. The number of hydrogen-bond donors (Lipinski definition) is 2. The van der Waals surface area contributed by atoms with E-state index in [-0.39, 0.29) is 17.8 Å². The second-order valence-corrected chi connectivity index (χ2v) is 7.19. The highest BCUT2D eigenvalue weighted by atomic mass is 16.3. The van der Waals surface area contributed by atoms with Crippen molar-refractivity contribution in [1.82, 2.24) is 9.80 Å². The molecule has 1 saturated heterocycles. The van der Waals surface area contributed by atoms with Gasteiger partial charge in [0.2, 0.25) is 0 Å². The number of carbonyl (C=O) groups excluding carboxylic acids is 1. The average molecular weight is 387 g/mol. The zero-order chi connectivity index (χ0) is 20.1. The zero-order valence-corrected chi connectivity index (χ0v) is 16.2. The minimum absolute atomic E-state index is 0.0766. The van der Waals surface area contributed by atoms with Gasteiger partial charge in [-0.3, -0.25) is 4.90 Å². The molecular weight excluding hydrogens is 362 g/mol. The van der Waals surface area contributed by atoms with Crippen LogP contribution in [0.4, 0.5) is 10.5 Å². The van der Waals surface area contributed by atoms with Crippen molar-refractivity contribution in [2.45, 2.75) is 6.04 Å². The van der Waals surface area contributed by atoms with Crippen molar-refractivity contribution in [2.75, 3.05) is 31.5 Å². The van der Waals surface area contributed by atoms with Crippen LogP contribution in [0.15, 0.2) is 84.9 Å². The van der Waals surface area contributed by atoms with Crippen LogP contribution in [-0.2, 0) is 0 Å². The number of nitrogens with zero attached hydrogens (tertiary/aromatic N) is 2. The lowest BCUT2D eigenvalue weighted by molar-refractivity contribution is 0.126. The molecule has 0 aromatic heterocycles. The van der Waals surface area contributed by atoms with E-state index in [1.165, 1.54) is 11.1 Å². The van der Waals surface area contributed by atoms with Crippen LogP contribution in [0.1, 0.15) is 17.2 Å². The van der Waals surface area contributed by atoms with E-state index in [0.717, 1.165) is 13.1 Å². The number of hydrogen-bond acceptors (Lipinski definition) is 3. The molecule has 0 bridgehead atoms. The lowest BCUT2D eigenvalue weighted by Crippen LogP contribution is -2.51. The lowest BCUT2D eigenvalue weighted by atomic mass is 9.96. The van der Waals surface area contributed by atoms with E-state index >= 15 is 0 Å². The predicted octanol–water partition coefficient (Wildman–Crippen LogP) is 4.33. The summed E-state index contributed by atoms with van der Waals surface area (Å²) in [5.41, 5.74) is 2.95. The molecule has 1 heterocycles. The van der Waals surface area contributed by atoms with E-state index in [1.807, 2.05) is 12.1 Å². The van der Waals surface area contributed by atoms with Crippen LogP contribution in [-0.4, -0.2) is 47.1 Å². The number of phenols is 1. The number of para-hydroxylation sites is 2. The second kappa shape index (κ2) is 8.80. The maximum absolute atomic E-state index is 12.6. The molecule has 0 atom stereocenters. The lowest BCUT2D eigenvalue weighted by Gasteiger charge is -2.39. The van der Waals surface area contributed by atoms with E-state index in [1.54, 1.807) is 29.2 Å². The number of phenolic OH excluding ortho intramolecular Hbond substituents is 1. The number of nitrogens with one attached hydrogen (secondary N) is 1. The third-order valence-electron chi connectivity index (χ3n) is 5.34. The number of aromatic hydroxyl groups is 1. The quantitative estimate of drug-likeness (QED) is 0.655. The largest absolute Gasteiger partial charge is 0.506 e. The summed E-state index contributed by atoms with van der Waals surface area (Å²) >= 11 is 0. The summed E-state index contributed by atoms with van der Waals surface area (Å²) in [6.07, 6.45) is 0. The minimum Gasteiger partial charge on any atom is -0.506 e. The third-order valence-corrected chi connectivity index (χ3v) is 5.34. The van der Waals surface area contributed by atoms with Crippen LogP contribution in [0.3, 0.4) is 0 Å². The van der Waals surface area contributed by atoms with Crippen molar-refractivity contribution >= 4 is 11.7 Å². The standard InChI is InChI=1S/C24H25N3O2/c28-22-14-8-7-13-21(22)25-24(29)27-17-15-26(16-18-27)23(19-9-3-1-4-10-19)20-11-5-2-6-12-20/h1-14,23,28H,15-18H2,(H,25,29). The van der Waals surface area contributed by atoms with Crippen molar-refractivity contribution in [3.05, 3.63) is 96.1 Å². The summed E-state index contributed by atoms with van der Waals surface area (Å²) in [5, 5.41) is 12.7. The Morgan fingerprint density at radius 2 is 1.28 bits per heavy atom. The van der Waals surface area contributed by atoms with Crippen molar-refractivity contribution in [1.29, 1.82) is 0 Å². The molecule has 2 N–H and O–H groups in total. The molecule has 0 aliphatic carbocycles. The Balaban J connectivity index is 1.46. The molecule has 5 nitrogen and oxygen atoms in total. The molecule has 0 unspecified atom stereocenters. The van der Waals surface area contributed by atoms with Crippen molar-refractivity contribution in [3.63, 3.8) is 0 Å². The minimum atomic E-state index is -0.179. The highest BCUT2D eigenvalue weighted by Gasteiger charge is 2.28. The normalized spacial score (nSPS) is 14.7. The number of amides is 2. The van der Waals surface area contributed by atoms with Crippen molar-refractivity contribution in [3.8, 4) is 5.75 Å². The Labute approximate surface area is 171 Å². The second-order valence-electron chi connectivity index (χ2n) is 7.19. The SMILES string of the molecule is O=C(Nc1ccccc1O)N1CCN(C(c2ccccc2)c2ccccc2)CC1. The fraction of sp³-hybridized carbons (Fsp3) is 0.208. The summed E-state index contributed by atoms with van der Waals surface area (Å²) in [4.78, 5) is 16.8. The number of piperazine rings is 1. The summed E-state index contributed by atoms with van der Waals surface area (Å²) in [6.45, 7) is 2.83. The molecule has 5 heteroatoms. The summed E-state index contributed by atoms with van der Waals surface area (Å²) in [6, 6.07) is 27.8. The molecule has 0 radical (unpaired) electrons. The van der Waals surface area contributed by atoms with Gasteiger partial charge in [0.05, 0.1) is 11.7 Å². The first kappa shape index (κ1) is 19.0. The average Bonchev–Trinajstić information content (AvgIpc) is 2.77. The maximum atomic E-state index is 12.6. The number of benzene rings is 3. The van der Waals surface area contributed by atoms with Gasteiger partial charge in [0.1, 0.15) is 5.75 Å². The van der Waals surface area contributed by atoms with E-state index in [0.29, 0.717) is 18.8 Å². The fourth-order valence-electron chi connectivity index (χ4n) is 3.84. The van der Waals surface area contributed by atoms with Gasteiger partial charge in [-0.15, -0.1) is 0 Å². The molecule has 1 fully saturated rings. The predicted molar refractivity (Wildman–Crippen MR) is 115 cm³/mol. The number of urea groups is 1. The first-order valence-electron chi connectivity index (χ1n) is 9.90. The highest BCUT2D eigenvalue weighted by Crippen LogP contribution is 2.29. The molecule has 2 amide bonds. The van der Waals surface area contributed by atoms with Gasteiger partial charge in [-0.2, -0.15) is 0 Å². The topological polar surface area (TPSA) is 55.8 Å². The molecule has 1 aliphatic heterocycles. The Kier molecular flexibility index (Phi) is 5.77. The Hall–Kier alpha value is -3.31. The Morgan fingerprint density at radius 1 is 0.759 bits per heavy atom. The highest BCUT2D eigenvalue weighted by molar-refractivity contribution is 5.90. The van der Waals surface area contributed by atoms with E-state index < -0.39 is 0 Å². The van der Waals surface area contributed by atoms with Crippen LogP contribution in [0.25, 0.3) is 0 Å². The summed E-state index contributed by atoms with van der Waals surface area (Å²) in [7, 11) is 0. The number of anilines is 1. The summed E-state index contributed by atoms with van der Waals surface area (Å²) < 4.78 is 0. The molecule has 0 saturated carbocycles. The van der Waals surface area contributed by atoms with E-state index in [4.69, 9.17) is 0 Å². The molecule has 3 aromatic carbocycles. The first-order valence-corrected chi connectivity index (χ1v) is 9.90. The van der Waals surface area contributed by atoms with Gasteiger partial charge in [-0.05, 0) is 23.3 Å². The van der Waals surface area contributed by atoms with Crippen LogP contribution in [0.2, 0.25) is 0 Å². The molecule has 0 spiro atoms. The number of carbonyl (C=O) groups is 1. The van der Waals surface area contributed by atoms with Crippen LogP contribution in [0, 0.1) is 0 Å². The molecule has 3 aromatic rings. The van der Waals surface area contributed by atoms with Crippen molar-refractivity contribution < 1.29 is 9.90 Å². The van der Waals surface area contributed by atoms with Crippen LogP contribution < -0.4 is 5.32 Å². The van der Waals surface area contributed by atoms with E-state index in [9.17, 15) is 9.90 Å². The van der Waals surface area contributed by atoms with Crippen molar-refractivity contribution in [2.24, 2.45) is 0 Å². The number of rotatable bonds is 4. The van der Waals surface area contributed by atoms with Gasteiger partial charge < -0.3 is 15.3 Å². The van der Waals surface area contributed by atoms with Gasteiger partial charge in [-0.1, -0.05) is 72.8 Å². The van der Waals surface area contributed by atoms with Gasteiger partial charge in [-0.25, -0.2) is 4.79 Å². The van der Waals surface area contributed by atoms with Crippen LogP contribution >= 0.6 is 0 Å². The van der Waals surface area contributed by atoms with Crippen LogP contribution in [0.5, 0.6) is 5.75 Å². The smallest absolute Gasteiger partial charge is 0.322 e. The molecular formula is C24H25N3O2. The maximum Gasteiger partial charge on any atom is 0.322 e. The third kappa shape index (κ3) is 4.41. The zero-order valence-electron chi connectivity index (χ0n) is 16.2. The Morgan fingerprint density at radius 3 is 1.83 bits per heavy atom. The van der Waals surface area contributed by atoms with E-state index in [2.05, 4.69) is 58.7 Å². The van der Waals surface area contributed by atoms with Gasteiger partial charge in [0, 0.05) is 26.2 Å². The molecule has 148 valence electrons. The first-order chi connectivity index (χ1) is 14.2. The van der Waals surface area contributed by atoms with Gasteiger partial charge >= 0.3 is 6.03 Å². The van der Waals surface area contributed by atoms with Gasteiger partial charge in [0.25, 0.3) is 0 Å². The Bertz CT molecular complexity index is 899. The summed E-state index contributed by atoms with van der Waals surface area (Å²) in [5.74, 6) is 0.0766. The van der Waals surface area contributed by atoms with Gasteiger partial charge in [0.15, 0.2) is 0 Å². The molecule has 29 heavy (non-hydrogen) atoms.